The Balaban J connectivity index is 2.55. The van der Waals surface area contributed by atoms with E-state index in [1.54, 1.807) is 6.92 Å². The van der Waals surface area contributed by atoms with Gasteiger partial charge >= 0.3 is 5.97 Å². The predicted molar refractivity (Wildman–Crippen MR) is 80.9 cm³/mol. The summed E-state index contributed by atoms with van der Waals surface area (Å²) in [6.45, 7) is 8.01. The molecule has 1 heterocycles. The maximum Gasteiger partial charge on any atom is 0.339 e. The zero-order chi connectivity index (χ0) is 14.9. The van der Waals surface area contributed by atoms with Gasteiger partial charge in [-0.15, -0.1) is 0 Å². The average Bonchev–Trinajstić information content (AvgIpc) is 2.66. The van der Waals surface area contributed by atoms with Crippen molar-refractivity contribution >= 4 is 17.6 Å². The minimum absolute atomic E-state index is 0.296. The van der Waals surface area contributed by atoms with Gasteiger partial charge in [0.05, 0.1) is 22.9 Å². The Morgan fingerprint density at radius 1 is 1.25 bits per heavy atom. The SMILES string of the molecule is CCOC(=O)c1cc(C)n(-c2ccc(C)cc2Cl)c1C. The van der Waals surface area contributed by atoms with Gasteiger partial charge in [-0.3, -0.25) is 0 Å². The number of carbonyl (C=O) groups excluding carboxylic acids is 1. The lowest BCUT2D eigenvalue weighted by atomic mass is 10.2. The van der Waals surface area contributed by atoms with Crippen LogP contribution in [0.25, 0.3) is 5.69 Å². The molecule has 0 fully saturated rings. The van der Waals surface area contributed by atoms with Crippen LogP contribution in [0.3, 0.4) is 0 Å². The van der Waals surface area contributed by atoms with Crippen molar-refractivity contribution in [1.29, 1.82) is 0 Å². The summed E-state index contributed by atoms with van der Waals surface area (Å²) >= 11 is 6.32. The Kier molecular flexibility index (Phi) is 4.19. The molecule has 0 aliphatic rings. The van der Waals surface area contributed by atoms with E-state index < -0.39 is 0 Å². The number of hydrogen-bond acceptors (Lipinski definition) is 2. The fraction of sp³-hybridized carbons (Fsp3) is 0.312. The molecule has 0 bridgehead atoms. The highest BCUT2D eigenvalue weighted by Gasteiger charge is 2.18. The number of esters is 1. The molecule has 4 heteroatoms. The third kappa shape index (κ3) is 2.59. The van der Waals surface area contributed by atoms with Gasteiger partial charge in [-0.05, 0) is 51.5 Å². The van der Waals surface area contributed by atoms with Gasteiger partial charge in [0.25, 0.3) is 0 Å². The molecule has 20 heavy (non-hydrogen) atoms. The Bertz CT molecular complexity index is 659. The molecule has 1 aromatic carbocycles. The molecule has 0 radical (unpaired) electrons. The monoisotopic (exact) mass is 291 g/mol. The second-order valence-electron chi connectivity index (χ2n) is 4.80. The minimum Gasteiger partial charge on any atom is -0.462 e. The van der Waals surface area contributed by atoms with E-state index in [1.165, 1.54) is 0 Å². The Labute approximate surface area is 124 Å². The normalized spacial score (nSPS) is 10.7. The molecule has 106 valence electrons. The topological polar surface area (TPSA) is 31.2 Å². The molecule has 2 aromatic rings. The van der Waals surface area contributed by atoms with Crippen molar-refractivity contribution < 1.29 is 9.53 Å². The molecule has 0 aliphatic heterocycles. The molecule has 3 nitrogen and oxygen atoms in total. The van der Waals surface area contributed by atoms with E-state index in [4.69, 9.17) is 16.3 Å². The third-order valence-electron chi connectivity index (χ3n) is 3.27. The van der Waals surface area contributed by atoms with E-state index in [2.05, 4.69) is 0 Å². The summed E-state index contributed by atoms with van der Waals surface area (Å²) in [7, 11) is 0. The Morgan fingerprint density at radius 2 is 1.95 bits per heavy atom. The highest BCUT2D eigenvalue weighted by molar-refractivity contribution is 6.32. The van der Waals surface area contributed by atoms with Gasteiger partial charge in [0, 0.05) is 11.4 Å². The average molecular weight is 292 g/mol. The van der Waals surface area contributed by atoms with Crippen molar-refractivity contribution in [3.63, 3.8) is 0 Å². The highest BCUT2D eigenvalue weighted by atomic mass is 35.5. The molecular weight excluding hydrogens is 274 g/mol. The maximum absolute atomic E-state index is 11.9. The van der Waals surface area contributed by atoms with Crippen LogP contribution in [0.15, 0.2) is 24.3 Å². The van der Waals surface area contributed by atoms with Crippen molar-refractivity contribution in [1.82, 2.24) is 4.57 Å². The molecule has 0 N–H and O–H groups in total. The van der Waals surface area contributed by atoms with Crippen molar-refractivity contribution in [2.45, 2.75) is 27.7 Å². The summed E-state index contributed by atoms with van der Waals surface area (Å²) in [5.74, 6) is -0.296. The van der Waals surface area contributed by atoms with E-state index in [0.717, 1.165) is 22.6 Å². The molecule has 2 rings (SSSR count). The van der Waals surface area contributed by atoms with E-state index in [-0.39, 0.29) is 5.97 Å². The summed E-state index contributed by atoms with van der Waals surface area (Å²) in [5.41, 5.74) is 4.36. The van der Waals surface area contributed by atoms with Gasteiger partial charge in [-0.25, -0.2) is 4.79 Å². The number of hydrogen-bond donors (Lipinski definition) is 0. The number of benzene rings is 1. The molecule has 0 saturated heterocycles. The van der Waals surface area contributed by atoms with Crippen LogP contribution in [0.1, 0.15) is 34.2 Å². The smallest absolute Gasteiger partial charge is 0.339 e. The van der Waals surface area contributed by atoms with Crippen molar-refractivity contribution in [2.75, 3.05) is 6.61 Å². The van der Waals surface area contributed by atoms with Crippen LogP contribution >= 0.6 is 11.6 Å². The standard InChI is InChI=1S/C16H18ClNO2/c1-5-20-16(19)13-9-11(3)18(12(13)4)15-7-6-10(2)8-14(15)17/h6-9H,5H2,1-4H3. The minimum atomic E-state index is -0.296. The van der Waals surface area contributed by atoms with E-state index in [9.17, 15) is 4.79 Å². The van der Waals surface area contributed by atoms with Crippen molar-refractivity contribution in [3.8, 4) is 5.69 Å². The van der Waals surface area contributed by atoms with E-state index in [0.29, 0.717) is 17.2 Å². The second-order valence-corrected chi connectivity index (χ2v) is 5.20. The van der Waals surface area contributed by atoms with Crippen LogP contribution in [-0.4, -0.2) is 17.1 Å². The third-order valence-corrected chi connectivity index (χ3v) is 3.57. The van der Waals surface area contributed by atoms with Crippen molar-refractivity contribution in [3.05, 3.63) is 51.8 Å². The highest BCUT2D eigenvalue weighted by Crippen LogP contribution is 2.27. The van der Waals surface area contributed by atoms with Crippen LogP contribution < -0.4 is 0 Å². The zero-order valence-corrected chi connectivity index (χ0v) is 12.9. The summed E-state index contributed by atoms with van der Waals surface area (Å²) in [5, 5.41) is 0.669. The van der Waals surface area contributed by atoms with Crippen LogP contribution in [0, 0.1) is 20.8 Å². The van der Waals surface area contributed by atoms with Gasteiger partial charge in [-0.1, -0.05) is 17.7 Å². The maximum atomic E-state index is 11.9. The van der Waals surface area contributed by atoms with Gasteiger partial charge in [0.1, 0.15) is 0 Å². The first-order valence-corrected chi connectivity index (χ1v) is 6.96. The summed E-state index contributed by atoms with van der Waals surface area (Å²) in [4.78, 5) is 11.9. The molecular formula is C16H18ClNO2. The lowest BCUT2D eigenvalue weighted by Crippen LogP contribution is -2.07. The molecule has 0 amide bonds. The Morgan fingerprint density at radius 3 is 2.55 bits per heavy atom. The number of aromatic nitrogens is 1. The van der Waals surface area contributed by atoms with E-state index >= 15 is 0 Å². The van der Waals surface area contributed by atoms with Crippen LogP contribution in [0.5, 0.6) is 0 Å². The lowest BCUT2D eigenvalue weighted by Gasteiger charge is -2.12. The van der Waals surface area contributed by atoms with Gasteiger partial charge in [0.2, 0.25) is 0 Å². The summed E-state index contributed by atoms with van der Waals surface area (Å²) in [6, 6.07) is 7.72. The number of nitrogens with zero attached hydrogens (tertiary/aromatic N) is 1. The summed E-state index contributed by atoms with van der Waals surface area (Å²) < 4.78 is 7.06. The van der Waals surface area contributed by atoms with Gasteiger partial charge in [-0.2, -0.15) is 0 Å². The fourth-order valence-electron chi connectivity index (χ4n) is 2.34. The first-order chi connectivity index (χ1) is 9.45. The zero-order valence-electron chi connectivity index (χ0n) is 12.2. The van der Waals surface area contributed by atoms with Gasteiger partial charge in [0.15, 0.2) is 0 Å². The predicted octanol–water partition coefficient (Wildman–Crippen LogP) is 4.23. The number of rotatable bonds is 3. The van der Waals surface area contributed by atoms with Crippen LogP contribution in [0.2, 0.25) is 5.02 Å². The fourth-order valence-corrected chi connectivity index (χ4v) is 2.66. The molecule has 0 unspecified atom stereocenters. The molecule has 0 saturated carbocycles. The summed E-state index contributed by atoms with van der Waals surface area (Å²) in [6.07, 6.45) is 0. The molecule has 1 aromatic heterocycles. The number of ether oxygens (including phenoxy) is 1. The van der Waals surface area contributed by atoms with E-state index in [1.807, 2.05) is 49.6 Å². The second kappa shape index (κ2) is 5.71. The lowest BCUT2D eigenvalue weighted by molar-refractivity contribution is 0.0525. The largest absolute Gasteiger partial charge is 0.462 e. The first-order valence-electron chi connectivity index (χ1n) is 6.58. The number of aryl methyl sites for hydroxylation is 2. The van der Waals surface area contributed by atoms with Crippen LogP contribution in [0.4, 0.5) is 0 Å². The van der Waals surface area contributed by atoms with Crippen LogP contribution in [-0.2, 0) is 4.74 Å². The number of carbonyl (C=O) groups is 1. The molecule has 0 spiro atoms. The van der Waals surface area contributed by atoms with Crippen molar-refractivity contribution in [2.24, 2.45) is 0 Å². The first kappa shape index (κ1) is 14.7. The number of halogens is 1. The molecule has 0 aliphatic carbocycles. The quantitative estimate of drug-likeness (QED) is 0.792. The molecule has 0 atom stereocenters. The van der Waals surface area contributed by atoms with Gasteiger partial charge < -0.3 is 9.30 Å². The Hall–Kier alpha value is -1.74.